The van der Waals surface area contributed by atoms with Gasteiger partial charge in [-0.2, -0.15) is 8.61 Å². The molecule has 0 spiro atoms. The Labute approximate surface area is 180 Å². The Morgan fingerprint density at radius 1 is 0.839 bits per heavy atom. The van der Waals surface area contributed by atoms with E-state index in [1.54, 1.807) is 0 Å². The number of ether oxygens (including phenoxy) is 2. The molecule has 0 aromatic heterocycles. The fourth-order valence-corrected chi connectivity index (χ4v) is 6.91. The minimum atomic E-state index is -4.17. The topological polar surface area (TPSA) is 93.2 Å². The van der Waals surface area contributed by atoms with Crippen LogP contribution in [0.2, 0.25) is 0 Å². The SMILES string of the molecule is COc1ccc(F)cc1S(=O)(=O)N1CCN(S(=O)(=O)c2cc(F)ccc2OC)[C@H](C)C1. The highest BCUT2D eigenvalue weighted by molar-refractivity contribution is 7.89. The second kappa shape index (κ2) is 8.69. The van der Waals surface area contributed by atoms with Crippen molar-refractivity contribution in [2.45, 2.75) is 22.8 Å². The number of nitrogens with zero attached hydrogens (tertiary/aromatic N) is 2. The fraction of sp³-hybridized carbons (Fsp3) is 0.368. The van der Waals surface area contributed by atoms with Crippen molar-refractivity contribution in [1.82, 2.24) is 8.61 Å². The van der Waals surface area contributed by atoms with Gasteiger partial charge < -0.3 is 9.47 Å². The normalized spacial score (nSPS) is 18.7. The summed E-state index contributed by atoms with van der Waals surface area (Å²) in [5.41, 5.74) is 0. The standard InChI is InChI=1S/C19H22F2N2O6S2/c1-13-12-22(30(24,25)18-10-14(20)4-6-16(18)28-2)8-9-23(13)31(26,27)19-11-15(21)5-7-17(19)29-3/h4-7,10-11,13H,8-9,12H2,1-3H3/t13-/m1/s1. The first-order valence-electron chi connectivity index (χ1n) is 9.21. The van der Waals surface area contributed by atoms with Gasteiger partial charge in [0.2, 0.25) is 20.0 Å². The van der Waals surface area contributed by atoms with Crippen LogP contribution in [0, 0.1) is 11.6 Å². The van der Waals surface area contributed by atoms with Gasteiger partial charge in [0, 0.05) is 25.7 Å². The minimum Gasteiger partial charge on any atom is -0.495 e. The number of hydrogen-bond donors (Lipinski definition) is 0. The molecule has 170 valence electrons. The molecule has 0 aliphatic carbocycles. The number of sulfonamides is 2. The lowest BCUT2D eigenvalue weighted by atomic mass is 10.3. The van der Waals surface area contributed by atoms with Crippen LogP contribution >= 0.6 is 0 Å². The molecule has 12 heteroatoms. The predicted octanol–water partition coefficient (Wildman–Crippen LogP) is 2.07. The summed E-state index contributed by atoms with van der Waals surface area (Å²) in [4.78, 5) is -0.685. The first kappa shape index (κ1) is 23.4. The highest BCUT2D eigenvalue weighted by Crippen LogP contribution is 2.32. The Balaban J connectivity index is 1.91. The molecule has 1 aliphatic heterocycles. The largest absolute Gasteiger partial charge is 0.495 e. The smallest absolute Gasteiger partial charge is 0.247 e. The molecule has 3 rings (SSSR count). The third-order valence-electron chi connectivity index (χ3n) is 4.99. The molecule has 31 heavy (non-hydrogen) atoms. The van der Waals surface area contributed by atoms with Crippen LogP contribution in [-0.2, 0) is 20.0 Å². The Morgan fingerprint density at radius 2 is 1.32 bits per heavy atom. The van der Waals surface area contributed by atoms with Crippen LogP contribution in [0.25, 0.3) is 0 Å². The van der Waals surface area contributed by atoms with Crippen LogP contribution in [-0.4, -0.2) is 65.3 Å². The van der Waals surface area contributed by atoms with Crippen molar-refractivity contribution in [3.8, 4) is 11.5 Å². The van der Waals surface area contributed by atoms with Crippen LogP contribution in [0.1, 0.15) is 6.92 Å². The summed E-state index contributed by atoms with van der Waals surface area (Å²) in [5.74, 6) is -1.53. The van der Waals surface area contributed by atoms with E-state index in [9.17, 15) is 25.6 Å². The summed E-state index contributed by atoms with van der Waals surface area (Å²) in [7, 11) is -5.78. The lowest BCUT2D eigenvalue weighted by Gasteiger charge is -2.38. The van der Waals surface area contributed by atoms with E-state index in [2.05, 4.69) is 0 Å². The highest BCUT2D eigenvalue weighted by Gasteiger charge is 2.40. The van der Waals surface area contributed by atoms with Gasteiger partial charge in [-0.05, 0) is 43.3 Å². The van der Waals surface area contributed by atoms with Gasteiger partial charge in [-0.15, -0.1) is 0 Å². The third-order valence-corrected chi connectivity index (χ3v) is 8.91. The van der Waals surface area contributed by atoms with Crippen LogP contribution in [0.4, 0.5) is 8.78 Å². The lowest BCUT2D eigenvalue weighted by Crippen LogP contribution is -2.55. The molecule has 0 radical (unpaired) electrons. The second-order valence-electron chi connectivity index (χ2n) is 6.92. The maximum atomic E-state index is 13.7. The molecule has 1 aliphatic rings. The van der Waals surface area contributed by atoms with Crippen molar-refractivity contribution in [3.63, 3.8) is 0 Å². The maximum Gasteiger partial charge on any atom is 0.247 e. The number of rotatable bonds is 6. The molecule has 0 unspecified atom stereocenters. The van der Waals surface area contributed by atoms with Crippen molar-refractivity contribution < 1.29 is 35.1 Å². The molecule has 1 saturated heterocycles. The van der Waals surface area contributed by atoms with E-state index in [1.165, 1.54) is 33.3 Å². The van der Waals surface area contributed by atoms with Gasteiger partial charge in [-0.1, -0.05) is 0 Å². The molecule has 1 fully saturated rings. The monoisotopic (exact) mass is 476 g/mol. The molecule has 0 bridgehead atoms. The zero-order chi connectivity index (χ0) is 23.0. The zero-order valence-corrected chi connectivity index (χ0v) is 18.7. The number of hydrogen-bond acceptors (Lipinski definition) is 6. The number of piperazine rings is 1. The van der Waals surface area contributed by atoms with E-state index in [0.717, 1.165) is 32.9 Å². The van der Waals surface area contributed by atoms with Crippen LogP contribution in [0.15, 0.2) is 46.2 Å². The Bertz CT molecular complexity index is 1190. The summed E-state index contributed by atoms with van der Waals surface area (Å²) in [5, 5.41) is 0. The molecule has 1 atom stereocenters. The molecular weight excluding hydrogens is 454 g/mol. The molecule has 2 aromatic carbocycles. The van der Waals surface area contributed by atoms with Crippen LogP contribution < -0.4 is 9.47 Å². The maximum absolute atomic E-state index is 13.7. The molecule has 0 saturated carbocycles. The molecule has 2 aromatic rings. The van der Waals surface area contributed by atoms with Crippen LogP contribution in [0.3, 0.4) is 0 Å². The fourth-order valence-electron chi connectivity index (χ4n) is 3.45. The average Bonchev–Trinajstić information content (AvgIpc) is 2.73. The quantitative estimate of drug-likeness (QED) is 0.634. The zero-order valence-electron chi connectivity index (χ0n) is 17.1. The van der Waals surface area contributed by atoms with Crippen molar-refractivity contribution in [2.24, 2.45) is 0 Å². The lowest BCUT2D eigenvalue weighted by molar-refractivity contribution is 0.211. The molecule has 8 nitrogen and oxygen atoms in total. The molecule has 0 N–H and O–H groups in total. The number of benzene rings is 2. The predicted molar refractivity (Wildman–Crippen MR) is 108 cm³/mol. The summed E-state index contributed by atoms with van der Waals surface area (Å²) < 4.78 is 92.1. The van der Waals surface area contributed by atoms with E-state index in [1.807, 2.05) is 0 Å². The molecule has 0 amide bonds. The summed E-state index contributed by atoms with van der Waals surface area (Å²) in [6.07, 6.45) is 0. The number of halogens is 2. The third kappa shape index (κ3) is 4.38. The Morgan fingerprint density at radius 3 is 1.77 bits per heavy atom. The van der Waals surface area contributed by atoms with Crippen molar-refractivity contribution in [3.05, 3.63) is 48.0 Å². The van der Waals surface area contributed by atoms with E-state index >= 15 is 0 Å². The van der Waals surface area contributed by atoms with Crippen LogP contribution in [0.5, 0.6) is 11.5 Å². The van der Waals surface area contributed by atoms with Gasteiger partial charge in [0.05, 0.1) is 14.2 Å². The van der Waals surface area contributed by atoms with E-state index in [-0.39, 0.29) is 40.9 Å². The highest BCUT2D eigenvalue weighted by atomic mass is 32.2. The van der Waals surface area contributed by atoms with E-state index in [4.69, 9.17) is 9.47 Å². The van der Waals surface area contributed by atoms with Crippen molar-refractivity contribution in [2.75, 3.05) is 33.9 Å². The summed E-state index contributed by atoms with van der Waals surface area (Å²) >= 11 is 0. The summed E-state index contributed by atoms with van der Waals surface area (Å²) in [6, 6.07) is 5.53. The van der Waals surface area contributed by atoms with Gasteiger partial charge in [-0.3, -0.25) is 0 Å². The van der Waals surface area contributed by atoms with Crippen molar-refractivity contribution >= 4 is 20.0 Å². The van der Waals surface area contributed by atoms with Gasteiger partial charge in [-0.25, -0.2) is 25.6 Å². The van der Waals surface area contributed by atoms with Crippen molar-refractivity contribution in [1.29, 1.82) is 0 Å². The Kier molecular flexibility index (Phi) is 6.56. The van der Waals surface area contributed by atoms with Gasteiger partial charge in [0.25, 0.3) is 0 Å². The first-order chi connectivity index (χ1) is 14.5. The molecular formula is C19H22F2N2O6S2. The van der Waals surface area contributed by atoms with Gasteiger partial charge >= 0.3 is 0 Å². The first-order valence-corrected chi connectivity index (χ1v) is 12.1. The van der Waals surface area contributed by atoms with E-state index < -0.39 is 37.7 Å². The second-order valence-corrected chi connectivity index (χ2v) is 10.7. The van der Waals surface area contributed by atoms with E-state index in [0.29, 0.717) is 0 Å². The van der Waals surface area contributed by atoms with Gasteiger partial charge in [0.1, 0.15) is 32.9 Å². The minimum absolute atomic E-state index is 0.0198. The average molecular weight is 477 g/mol. The Hall–Kier alpha value is -2.28. The van der Waals surface area contributed by atoms with Gasteiger partial charge in [0.15, 0.2) is 0 Å². The number of methoxy groups -OCH3 is 2. The summed E-state index contributed by atoms with van der Waals surface area (Å²) in [6.45, 7) is 0.996. The molecule has 1 heterocycles.